The number of hydrogen-bond acceptors (Lipinski definition) is 8. The highest BCUT2D eigenvalue weighted by Gasteiger charge is 2.33. The number of thiocarbonyl (C=S) groups is 1. The molecule has 1 saturated carbocycles. The van der Waals surface area contributed by atoms with Crippen LogP contribution in [-0.4, -0.2) is 45.8 Å². The van der Waals surface area contributed by atoms with Gasteiger partial charge in [-0.1, -0.05) is 59.7 Å². The fraction of sp³-hybridized carbons (Fsp3) is 0.310. The van der Waals surface area contributed by atoms with E-state index in [1.807, 2.05) is 18.2 Å². The summed E-state index contributed by atoms with van der Waals surface area (Å²) < 4.78 is 12.1. The third kappa shape index (κ3) is 7.61. The molecule has 1 aromatic heterocycles. The minimum absolute atomic E-state index is 0.198. The standard InChI is InChI=1S/C29H27Cl2N3O4S3/c1-37-24-11-17(7-10-23(24)38-20-5-3-2-4-6-20)12-25-27(36)34(29(39)41-25)16-26(35)33-28-32-15-21(40-28)14-18-13-19(30)8-9-22(18)31/h7-13,15,20H,2-6,14,16H2,1H3,(H,32,33,35)/b25-12-. The van der Waals surface area contributed by atoms with Crippen LogP contribution in [0.1, 0.15) is 48.1 Å². The number of nitrogens with one attached hydrogen (secondary N) is 1. The van der Waals surface area contributed by atoms with Crippen LogP contribution in [0.2, 0.25) is 10.0 Å². The molecule has 5 rings (SSSR count). The number of methoxy groups -OCH3 is 1. The van der Waals surface area contributed by atoms with E-state index in [2.05, 4.69) is 10.3 Å². The van der Waals surface area contributed by atoms with Gasteiger partial charge in [0.2, 0.25) is 5.91 Å². The van der Waals surface area contributed by atoms with Gasteiger partial charge in [0, 0.05) is 27.5 Å². The number of halogens is 2. The van der Waals surface area contributed by atoms with Gasteiger partial charge >= 0.3 is 0 Å². The minimum atomic E-state index is -0.393. The third-order valence-corrected chi connectivity index (χ3v) is 9.57. The predicted octanol–water partition coefficient (Wildman–Crippen LogP) is 7.60. The Morgan fingerprint density at radius 3 is 2.76 bits per heavy atom. The summed E-state index contributed by atoms with van der Waals surface area (Å²) in [6.07, 6.45) is 9.85. The Hall–Kier alpha value is -2.63. The van der Waals surface area contributed by atoms with Gasteiger partial charge in [0.15, 0.2) is 16.6 Å². The van der Waals surface area contributed by atoms with Crippen LogP contribution in [0.4, 0.5) is 5.13 Å². The number of thioether (sulfide) groups is 1. The molecule has 41 heavy (non-hydrogen) atoms. The summed E-state index contributed by atoms with van der Waals surface area (Å²) in [4.78, 5) is 32.8. The lowest BCUT2D eigenvalue weighted by Gasteiger charge is -2.24. The van der Waals surface area contributed by atoms with Crippen LogP contribution in [-0.2, 0) is 16.0 Å². The van der Waals surface area contributed by atoms with Gasteiger partial charge in [-0.3, -0.25) is 14.5 Å². The van der Waals surface area contributed by atoms with Crippen LogP contribution in [0.15, 0.2) is 47.5 Å². The molecule has 2 aromatic carbocycles. The maximum Gasteiger partial charge on any atom is 0.266 e. The summed E-state index contributed by atoms with van der Waals surface area (Å²) in [6.45, 7) is -0.214. The summed E-state index contributed by atoms with van der Waals surface area (Å²) >= 11 is 20.3. The van der Waals surface area contributed by atoms with Crippen molar-refractivity contribution in [2.24, 2.45) is 0 Å². The Morgan fingerprint density at radius 2 is 1.98 bits per heavy atom. The minimum Gasteiger partial charge on any atom is -0.493 e. The Balaban J connectivity index is 1.20. The maximum atomic E-state index is 13.1. The number of aromatic nitrogens is 1. The Kier molecular flexibility index (Phi) is 9.87. The fourth-order valence-corrected chi connectivity index (χ4v) is 7.12. The third-order valence-electron chi connectivity index (χ3n) is 6.68. The number of benzene rings is 2. The molecule has 2 aliphatic rings. The molecular formula is C29H27Cl2N3O4S3. The van der Waals surface area contributed by atoms with Gasteiger partial charge < -0.3 is 14.8 Å². The number of thiazole rings is 1. The van der Waals surface area contributed by atoms with E-state index in [1.54, 1.807) is 37.6 Å². The molecule has 2 heterocycles. The van der Waals surface area contributed by atoms with Crippen molar-refractivity contribution in [2.75, 3.05) is 19.0 Å². The lowest BCUT2D eigenvalue weighted by molar-refractivity contribution is -0.126. The molecule has 1 aliphatic heterocycles. The smallest absolute Gasteiger partial charge is 0.266 e. The SMILES string of the molecule is COc1cc(/C=C2\SC(=S)N(CC(=O)Nc3ncc(Cc4cc(Cl)ccc4Cl)s3)C2=O)ccc1OC1CCCCC1. The number of hydrogen-bond donors (Lipinski definition) is 1. The van der Waals surface area contributed by atoms with E-state index in [9.17, 15) is 9.59 Å². The number of ether oxygens (including phenoxy) is 2. The molecular weight excluding hydrogens is 621 g/mol. The molecule has 1 aliphatic carbocycles. The second kappa shape index (κ2) is 13.6. The van der Waals surface area contributed by atoms with E-state index in [0.29, 0.717) is 42.3 Å². The zero-order valence-electron chi connectivity index (χ0n) is 22.2. The van der Waals surface area contributed by atoms with Crippen LogP contribution in [0.3, 0.4) is 0 Å². The average Bonchev–Trinajstić information content (AvgIpc) is 3.50. The molecule has 1 N–H and O–H groups in total. The number of amides is 2. The van der Waals surface area contributed by atoms with Crippen molar-refractivity contribution in [1.82, 2.24) is 9.88 Å². The summed E-state index contributed by atoms with van der Waals surface area (Å²) in [5, 5.41) is 4.39. The summed E-state index contributed by atoms with van der Waals surface area (Å²) in [5.74, 6) is 0.587. The van der Waals surface area contributed by atoms with Gasteiger partial charge in [-0.05, 0) is 73.2 Å². The molecule has 12 heteroatoms. The highest BCUT2D eigenvalue weighted by Crippen LogP contribution is 2.36. The van der Waals surface area contributed by atoms with E-state index >= 15 is 0 Å². The summed E-state index contributed by atoms with van der Waals surface area (Å²) in [5.41, 5.74) is 1.65. The number of nitrogens with zero attached hydrogens (tertiary/aromatic N) is 2. The molecule has 3 aromatic rings. The van der Waals surface area contributed by atoms with Crippen LogP contribution in [0.5, 0.6) is 11.5 Å². The first-order chi connectivity index (χ1) is 19.8. The molecule has 2 amide bonds. The summed E-state index contributed by atoms with van der Waals surface area (Å²) in [7, 11) is 1.60. The number of anilines is 1. The Labute approximate surface area is 262 Å². The molecule has 0 spiro atoms. The molecule has 0 atom stereocenters. The molecule has 0 bridgehead atoms. The first kappa shape index (κ1) is 29.8. The van der Waals surface area contributed by atoms with E-state index < -0.39 is 5.91 Å². The lowest BCUT2D eigenvalue weighted by Crippen LogP contribution is -2.36. The second-order valence-corrected chi connectivity index (χ2v) is 13.3. The van der Waals surface area contributed by atoms with Crippen LogP contribution >= 0.6 is 58.5 Å². The van der Waals surface area contributed by atoms with Gasteiger partial charge in [-0.2, -0.15) is 0 Å². The predicted molar refractivity (Wildman–Crippen MR) is 170 cm³/mol. The van der Waals surface area contributed by atoms with Crippen LogP contribution in [0.25, 0.3) is 6.08 Å². The number of carbonyl (C=O) groups excluding carboxylic acids is 2. The fourth-order valence-electron chi connectivity index (χ4n) is 4.64. The quantitative estimate of drug-likeness (QED) is 0.189. The van der Waals surface area contributed by atoms with E-state index in [4.69, 9.17) is 44.9 Å². The highest BCUT2D eigenvalue weighted by atomic mass is 35.5. The topological polar surface area (TPSA) is 80.8 Å². The molecule has 214 valence electrons. The van der Waals surface area contributed by atoms with Gasteiger partial charge in [-0.25, -0.2) is 4.98 Å². The van der Waals surface area contributed by atoms with Crippen molar-refractivity contribution in [2.45, 2.75) is 44.6 Å². The normalized spacial score (nSPS) is 16.9. The van der Waals surface area contributed by atoms with Gasteiger partial charge in [0.1, 0.15) is 10.9 Å². The molecule has 0 radical (unpaired) electrons. The largest absolute Gasteiger partial charge is 0.493 e. The summed E-state index contributed by atoms with van der Waals surface area (Å²) in [6, 6.07) is 10.9. The van der Waals surface area contributed by atoms with Gasteiger partial charge in [0.25, 0.3) is 5.91 Å². The molecule has 0 unspecified atom stereocenters. The van der Waals surface area contributed by atoms with Gasteiger partial charge in [-0.15, -0.1) is 11.3 Å². The van der Waals surface area contributed by atoms with Crippen molar-refractivity contribution >= 4 is 85.9 Å². The maximum absolute atomic E-state index is 13.1. The number of carbonyl (C=O) groups is 2. The lowest BCUT2D eigenvalue weighted by atomic mass is 9.98. The van der Waals surface area contributed by atoms with E-state index in [-0.39, 0.29) is 18.6 Å². The first-order valence-corrected chi connectivity index (χ1v) is 15.9. The zero-order chi connectivity index (χ0) is 28.9. The Bertz CT molecular complexity index is 1500. The first-order valence-electron chi connectivity index (χ1n) is 13.1. The van der Waals surface area contributed by atoms with Crippen LogP contribution < -0.4 is 14.8 Å². The Morgan fingerprint density at radius 1 is 1.17 bits per heavy atom. The second-order valence-electron chi connectivity index (χ2n) is 9.65. The van der Waals surface area contributed by atoms with E-state index in [1.165, 1.54) is 35.5 Å². The highest BCUT2D eigenvalue weighted by molar-refractivity contribution is 8.26. The van der Waals surface area contributed by atoms with Crippen LogP contribution in [0, 0.1) is 0 Å². The monoisotopic (exact) mass is 647 g/mol. The zero-order valence-corrected chi connectivity index (χ0v) is 26.1. The molecule has 2 fully saturated rings. The van der Waals surface area contributed by atoms with Crippen molar-refractivity contribution < 1.29 is 19.1 Å². The van der Waals surface area contributed by atoms with Crippen molar-refractivity contribution in [1.29, 1.82) is 0 Å². The average molecular weight is 649 g/mol. The van der Waals surface area contributed by atoms with E-state index in [0.717, 1.165) is 40.6 Å². The molecule has 1 saturated heterocycles. The van der Waals surface area contributed by atoms with Crippen molar-refractivity contribution in [3.63, 3.8) is 0 Å². The molecule has 7 nitrogen and oxygen atoms in total. The van der Waals surface area contributed by atoms with Crippen molar-refractivity contribution in [3.8, 4) is 11.5 Å². The van der Waals surface area contributed by atoms with Crippen molar-refractivity contribution in [3.05, 3.63) is 73.5 Å². The number of rotatable bonds is 9. The van der Waals surface area contributed by atoms with Gasteiger partial charge in [0.05, 0.1) is 18.1 Å².